The zero-order valence-corrected chi connectivity index (χ0v) is 13.2. The van der Waals surface area contributed by atoms with Crippen LogP contribution in [0.5, 0.6) is 0 Å². The van der Waals surface area contributed by atoms with E-state index in [0.29, 0.717) is 5.16 Å². The first-order chi connectivity index (χ1) is 9.45. The zero-order chi connectivity index (χ0) is 14.9. The lowest BCUT2D eigenvalue weighted by molar-refractivity contribution is 0.533. The van der Waals surface area contributed by atoms with Crippen LogP contribution in [0.15, 0.2) is 15.0 Å². The highest BCUT2D eigenvalue weighted by atomic mass is 32.2. The highest BCUT2D eigenvalue weighted by Gasteiger charge is 2.19. The van der Waals surface area contributed by atoms with Crippen molar-refractivity contribution < 1.29 is 0 Å². The van der Waals surface area contributed by atoms with Crippen LogP contribution in [0.3, 0.4) is 0 Å². The number of hydrogen-bond acceptors (Lipinski definition) is 5. The maximum absolute atomic E-state index is 11.8. The summed E-state index contributed by atoms with van der Waals surface area (Å²) in [6.45, 7) is 6.64. The molecule has 7 nitrogen and oxygen atoms in total. The number of hydrogen-bond donors (Lipinski definition) is 2. The van der Waals surface area contributed by atoms with Gasteiger partial charge in [0.2, 0.25) is 0 Å². The van der Waals surface area contributed by atoms with Crippen molar-refractivity contribution in [1.82, 2.24) is 29.9 Å². The summed E-state index contributed by atoms with van der Waals surface area (Å²) in [4.78, 5) is 11.8. The van der Waals surface area contributed by atoms with E-state index in [0.717, 1.165) is 22.8 Å². The summed E-state index contributed by atoms with van der Waals surface area (Å²) >= 11 is 1.46. The van der Waals surface area contributed by atoms with Crippen molar-refractivity contribution in [1.29, 1.82) is 0 Å². The molecular formula is C12H20N6OS. The van der Waals surface area contributed by atoms with E-state index in [9.17, 15) is 4.79 Å². The molecule has 0 spiro atoms. The number of nitrogens with zero attached hydrogens (tertiary/aromatic N) is 4. The summed E-state index contributed by atoms with van der Waals surface area (Å²) < 4.78 is 3.48. The highest BCUT2D eigenvalue weighted by Crippen LogP contribution is 2.30. The molecule has 20 heavy (non-hydrogen) atoms. The average molecular weight is 296 g/mol. The predicted molar refractivity (Wildman–Crippen MR) is 78.1 cm³/mol. The first-order valence-electron chi connectivity index (χ1n) is 6.47. The monoisotopic (exact) mass is 296 g/mol. The molecule has 0 aromatic carbocycles. The van der Waals surface area contributed by atoms with Gasteiger partial charge in [0, 0.05) is 25.2 Å². The van der Waals surface area contributed by atoms with E-state index in [2.05, 4.69) is 20.6 Å². The Morgan fingerprint density at radius 1 is 1.45 bits per heavy atom. The van der Waals surface area contributed by atoms with Gasteiger partial charge in [-0.2, -0.15) is 5.10 Å². The third-order valence-electron chi connectivity index (χ3n) is 3.02. The summed E-state index contributed by atoms with van der Waals surface area (Å²) in [5, 5.41) is 15.9. The first-order valence-corrected chi connectivity index (χ1v) is 7.29. The SMILES string of the molecule is CNCc1c(C)nn(C)c1Sc1n[nH]c(=O)n1C(C)C. The number of aromatic amines is 1. The van der Waals surface area contributed by atoms with Crippen LogP contribution >= 0.6 is 11.8 Å². The van der Waals surface area contributed by atoms with Gasteiger partial charge in [0.05, 0.1) is 5.69 Å². The summed E-state index contributed by atoms with van der Waals surface area (Å²) in [5.74, 6) is 0. The van der Waals surface area contributed by atoms with Crippen molar-refractivity contribution in [3.05, 3.63) is 21.7 Å². The van der Waals surface area contributed by atoms with Gasteiger partial charge in [-0.25, -0.2) is 9.89 Å². The lowest BCUT2D eigenvalue weighted by Crippen LogP contribution is -2.19. The van der Waals surface area contributed by atoms with Gasteiger partial charge in [-0.15, -0.1) is 5.10 Å². The molecule has 0 saturated carbocycles. The van der Waals surface area contributed by atoms with Crippen LogP contribution in [0, 0.1) is 6.92 Å². The van der Waals surface area contributed by atoms with E-state index in [1.165, 1.54) is 11.8 Å². The Morgan fingerprint density at radius 2 is 2.15 bits per heavy atom. The molecule has 2 rings (SSSR count). The van der Waals surface area contributed by atoms with Gasteiger partial charge >= 0.3 is 5.69 Å². The molecule has 0 bridgehead atoms. The van der Waals surface area contributed by atoms with Crippen molar-refractivity contribution in [2.75, 3.05) is 7.05 Å². The van der Waals surface area contributed by atoms with Gasteiger partial charge in [0.15, 0.2) is 5.16 Å². The van der Waals surface area contributed by atoms with Crippen LogP contribution in [0.2, 0.25) is 0 Å². The Balaban J connectivity index is 2.43. The van der Waals surface area contributed by atoms with Crippen molar-refractivity contribution in [2.45, 2.75) is 43.5 Å². The van der Waals surface area contributed by atoms with Crippen molar-refractivity contribution in [3.63, 3.8) is 0 Å². The molecule has 0 atom stereocenters. The minimum absolute atomic E-state index is 0.0609. The highest BCUT2D eigenvalue weighted by molar-refractivity contribution is 7.99. The third kappa shape index (κ3) is 2.66. The van der Waals surface area contributed by atoms with Crippen LogP contribution in [-0.4, -0.2) is 31.6 Å². The Bertz CT molecular complexity index is 653. The topological polar surface area (TPSA) is 80.5 Å². The Morgan fingerprint density at radius 3 is 2.75 bits per heavy atom. The molecule has 0 aliphatic rings. The molecule has 2 heterocycles. The standard InChI is InChI=1S/C12H20N6OS/c1-7(2)18-11(19)14-15-12(18)20-10-9(6-13-4)8(3)16-17(10)5/h7,13H,6H2,1-5H3,(H,14,19). The van der Waals surface area contributed by atoms with E-state index >= 15 is 0 Å². The maximum Gasteiger partial charge on any atom is 0.344 e. The third-order valence-corrected chi connectivity index (χ3v) is 4.19. The number of aryl methyl sites for hydroxylation is 2. The predicted octanol–water partition coefficient (Wildman–Crippen LogP) is 1.06. The fourth-order valence-corrected chi connectivity index (χ4v) is 3.27. The number of nitrogens with one attached hydrogen (secondary N) is 2. The number of aromatic nitrogens is 5. The van der Waals surface area contributed by atoms with Gasteiger partial charge in [-0.3, -0.25) is 9.25 Å². The van der Waals surface area contributed by atoms with E-state index in [-0.39, 0.29) is 11.7 Å². The minimum Gasteiger partial charge on any atom is -0.316 e. The van der Waals surface area contributed by atoms with E-state index < -0.39 is 0 Å². The quantitative estimate of drug-likeness (QED) is 0.862. The second kappa shape index (κ2) is 5.84. The molecule has 8 heteroatoms. The van der Waals surface area contributed by atoms with Crippen LogP contribution < -0.4 is 11.0 Å². The zero-order valence-electron chi connectivity index (χ0n) is 12.4. The molecule has 0 fully saturated rings. The van der Waals surface area contributed by atoms with E-state index in [1.54, 1.807) is 4.57 Å². The fraction of sp³-hybridized carbons (Fsp3) is 0.583. The fourth-order valence-electron chi connectivity index (χ4n) is 2.09. The average Bonchev–Trinajstić information content (AvgIpc) is 2.85. The maximum atomic E-state index is 11.8. The molecule has 2 aromatic heterocycles. The molecule has 0 saturated heterocycles. The Kier molecular flexibility index (Phi) is 4.34. The lowest BCUT2D eigenvalue weighted by Gasteiger charge is -2.09. The minimum atomic E-state index is -0.184. The van der Waals surface area contributed by atoms with E-state index in [1.807, 2.05) is 39.5 Å². The van der Waals surface area contributed by atoms with Gasteiger partial charge in [-0.05, 0) is 39.6 Å². The van der Waals surface area contributed by atoms with Crippen molar-refractivity contribution in [3.8, 4) is 0 Å². The molecule has 0 amide bonds. The summed E-state index contributed by atoms with van der Waals surface area (Å²) in [5.41, 5.74) is 1.93. The van der Waals surface area contributed by atoms with Crippen LogP contribution in [0.1, 0.15) is 31.1 Å². The number of H-pyrrole nitrogens is 1. The molecule has 0 unspecified atom stereocenters. The molecule has 2 N–H and O–H groups in total. The number of rotatable bonds is 5. The van der Waals surface area contributed by atoms with Crippen molar-refractivity contribution in [2.24, 2.45) is 7.05 Å². The second-order valence-corrected chi connectivity index (χ2v) is 5.86. The van der Waals surface area contributed by atoms with Crippen LogP contribution in [0.25, 0.3) is 0 Å². The molecule has 2 aromatic rings. The van der Waals surface area contributed by atoms with Gasteiger partial charge in [0.1, 0.15) is 5.03 Å². The van der Waals surface area contributed by atoms with Crippen LogP contribution in [-0.2, 0) is 13.6 Å². The largest absolute Gasteiger partial charge is 0.344 e. The lowest BCUT2D eigenvalue weighted by atomic mass is 10.3. The van der Waals surface area contributed by atoms with Crippen molar-refractivity contribution >= 4 is 11.8 Å². The smallest absolute Gasteiger partial charge is 0.316 e. The first kappa shape index (κ1) is 14.9. The molecule has 0 aliphatic carbocycles. The normalized spacial score (nSPS) is 11.5. The van der Waals surface area contributed by atoms with Crippen LogP contribution in [0.4, 0.5) is 0 Å². The van der Waals surface area contributed by atoms with E-state index in [4.69, 9.17) is 0 Å². The summed E-state index contributed by atoms with van der Waals surface area (Å²) in [7, 11) is 3.80. The molecule has 0 aliphatic heterocycles. The molecule has 110 valence electrons. The Labute approximate surface area is 121 Å². The summed E-state index contributed by atoms with van der Waals surface area (Å²) in [6.07, 6.45) is 0. The Hall–Kier alpha value is -1.54. The van der Waals surface area contributed by atoms with Gasteiger partial charge in [-0.1, -0.05) is 0 Å². The van der Waals surface area contributed by atoms with Gasteiger partial charge in [0.25, 0.3) is 0 Å². The van der Waals surface area contributed by atoms with Gasteiger partial charge < -0.3 is 5.32 Å². The molecular weight excluding hydrogens is 276 g/mol. The molecule has 0 radical (unpaired) electrons. The second-order valence-electron chi connectivity index (χ2n) is 4.90. The summed E-state index contributed by atoms with van der Waals surface area (Å²) in [6, 6.07) is 0.0609.